The molecule has 12 heavy (non-hydrogen) atoms. The van der Waals surface area contributed by atoms with Gasteiger partial charge in [-0.2, -0.15) is 0 Å². The molecule has 0 unspecified atom stereocenters. The number of carbonyl (C=O) groups excluding carboxylic acids is 1. The van der Waals surface area contributed by atoms with E-state index in [0.29, 0.717) is 19.4 Å². The van der Waals surface area contributed by atoms with Gasteiger partial charge in [0.1, 0.15) is 12.6 Å². The highest BCUT2D eigenvalue weighted by atomic mass is 16.5. The number of hydrogen-bond donors (Lipinski definition) is 3. The summed E-state index contributed by atoms with van der Waals surface area (Å²) in [7, 11) is 0. The van der Waals surface area contributed by atoms with Crippen LogP contribution in [0.15, 0.2) is 0 Å². The fraction of sp³-hybridized carbons (Fsp3) is 0.857. The zero-order chi connectivity index (χ0) is 9.40. The molecule has 5 heteroatoms. The van der Waals surface area contributed by atoms with Crippen molar-refractivity contribution in [1.82, 2.24) is 0 Å². The third-order valence-corrected chi connectivity index (χ3v) is 1.36. The van der Waals surface area contributed by atoms with E-state index in [0.717, 1.165) is 0 Å². The fourth-order valence-electron chi connectivity index (χ4n) is 0.709. The number of nitrogens with two attached hydrogens (primary N) is 2. The second kappa shape index (κ2) is 7.02. The molecule has 1 atom stereocenters. The molecular formula is C7H16N2O3. The Hall–Kier alpha value is -0.650. The van der Waals surface area contributed by atoms with E-state index < -0.39 is 12.0 Å². The smallest absolute Gasteiger partial charge is 0.322 e. The fourth-order valence-corrected chi connectivity index (χ4v) is 0.709. The van der Waals surface area contributed by atoms with Crippen molar-refractivity contribution < 1.29 is 14.6 Å². The molecule has 0 aromatic rings. The molecule has 0 aliphatic rings. The monoisotopic (exact) mass is 176 g/mol. The zero-order valence-corrected chi connectivity index (χ0v) is 7.03. The van der Waals surface area contributed by atoms with Crippen LogP contribution in [0.1, 0.15) is 12.8 Å². The Morgan fingerprint density at radius 2 is 2.25 bits per heavy atom. The Balaban J connectivity index is 3.47. The van der Waals surface area contributed by atoms with Crippen LogP contribution in [0.2, 0.25) is 0 Å². The number of esters is 1. The molecule has 0 saturated heterocycles. The minimum Gasteiger partial charge on any atom is -0.462 e. The quantitative estimate of drug-likeness (QED) is 0.432. The summed E-state index contributed by atoms with van der Waals surface area (Å²) in [5, 5.41) is 8.33. The van der Waals surface area contributed by atoms with Gasteiger partial charge in [0.05, 0.1) is 6.61 Å². The van der Waals surface area contributed by atoms with Crippen molar-refractivity contribution in [2.24, 2.45) is 11.5 Å². The number of ether oxygens (including phenoxy) is 1. The SMILES string of the molecule is NCCC[C@@H](N)C(=O)OCCO. The summed E-state index contributed by atoms with van der Waals surface area (Å²) in [4.78, 5) is 10.9. The van der Waals surface area contributed by atoms with Crippen LogP contribution in [0.25, 0.3) is 0 Å². The molecule has 5 N–H and O–H groups in total. The first-order valence-electron chi connectivity index (χ1n) is 3.95. The van der Waals surface area contributed by atoms with Gasteiger partial charge >= 0.3 is 5.97 Å². The van der Waals surface area contributed by atoms with E-state index in [1.165, 1.54) is 0 Å². The van der Waals surface area contributed by atoms with Gasteiger partial charge in [-0.05, 0) is 19.4 Å². The molecule has 0 fully saturated rings. The van der Waals surface area contributed by atoms with Crippen molar-refractivity contribution in [1.29, 1.82) is 0 Å². The van der Waals surface area contributed by atoms with Crippen molar-refractivity contribution in [3.05, 3.63) is 0 Å². The van der Waals surface area contributed by atoms with Gasteiger partial charge in [0.2, 0.25) is 0 Å². The first-order valence-corrected chi connectivity index (χ1v) is 3.95. The van der Waals surface area contributed by atoms with E-state index in [4.69, 9.17) is 16.6 Å². The zero-order valence-electron chi connectivity index (χ0n) is 7.03. The van der Waals surface area contributed by atoms with E-state index in [9.17, 15) is 4.79 Å². The van der Waals surface area contributed by atoms with Crippen LogP contribution < -0.4 is 11.5 Å². The second-order valence-electron chi connectivity index (χ2n) is 2.43. The standard InChI is InChI=1S/C7H16N2O3/c8-3-1-2-6(9)7(11)12-5-4-10/h6,10H,1-5,8-9H2/t6-/m1/s1. The minimum atomic E-state index is -0.611. The van der Waals surface area contributed by atoms with Crippen LogP contribution in [0.3, 0.4) is 0 Å². The highest BCUT2D eigenvalue weighted by Gasteiger charge is 2.13. The average Bonchev–Trinajstić information content (AvgIpc) is 2.10. The lowest BCUT2D eigenvalue weighted by Crippen LogP contribution is -2.33. The number of aliphatic hydroxyl groups is 1. The van der Waals surface area contributed by atoms with Crippen molar-refractivity contribution in [3.8, 4) is 0 Å². The number of aliphatic hydroxyl groups excluding tert-OH is 1. The van der Waals surface area contributed by atoms with E-state index in [2.05, 4.69) is 4.74 Å². The third kappa shape index (κ3) is 5.06. The largest absolute Gasteiger partial charge is 0.462 e. The summed E-state index contributed by atoms with van der Waals surface area (Å²) in [5.74, 6) is -0.475. The van der Waals surface area contributed by atoms with Gasteiger partial charge in [-0.15, -0.1) is 0 Å². The lowest BCUT2D eigenvalue weighted by molar-refractivity contribution is -0.146. The molecule has 72 valence electrons. The van der Waals surface area contributed by atoms with Gasteiger partial charge < -0.3 is 21.3 Å². The molecule has 0 heterocycles. The van der Waals surface area contributed by atoms with E-state index in [1.54, 1.807) is 0 Å². The maximum Gasteiger partial charge on any atom is 0.322 e. The van der Waals surface area contributed by atoms with E-state index >= 15 is 0 Å². The van der Waals surface area contributed by atoms with Gasteiger partial charge in [-0.3, -0.25) is 4.79 Å². The van der Waals surface area contributed by atoms with Gasteiger partial charge in [0.15, 0.2) is 0 Å². The predicted molar refractivity (Wildman–Crippen MR) is 44.3 cm³/mol. The Kier molecular flexibility index (Phi) is 6.64. The lowest BCUT2D eigenvalue weighted by atomic mass is 10.2. The van der Waals surface area contributed by atoms with Crippen LogP contribution in [-0.4, -0.2) is 36.9 Å². The molecule has 0 aliphatic heterocycles. The van der Waals surface area contributed by atoms with Gasteiger partial charge in [0.25, 0.3) is 0 Å². The Bertz CT molecular complexity index is 130. The maximum absolute atomic E-state index is 10.9. The molecule has 0 bridgehead atoms. The Morgan fingerprint density at radius 3 is 2.75 bits per heavy atom. The van der Waals surface area contributed by atoms with Crippen LogP contribution in [0, 0.1) is 0 Å². The van der Waals surface area contributed by atoms with Crippen molar-refractivity contribution in [2.45, 2.75) is 18.9 Å². The lowest BCUT2D eigenvalue weighted by Gasteiger charge is -2.09. The Labute approximate surface area is 71.7 Å². The van der Waals surface area contributed by atoms with Crippen LogP contribution >= 0.6 is 0 Å². The first kappa shape index (κ1) is 11.4. The van der Waals surface area contributed by atoms with E-state index in [1.807, 2.05) is 0 Å². The molecule has 0 aromatic carbocycles. The maximum atomic E-state index is 10.9. The second-order valence-corrected chi connectivity index (χ2v) is 2.43. The summed E-state index contributed by atoms with van der Waals surface area (Å²) >= 11 is 0. The minimum absolute atomic E-state index is 0.00909. The normalized spacial score (nSPS) is 12.6. The molecule has 5 nitrogen and oxygen atoms in total. The van der Waals surface area contributed by atoms with Crippen LogP contribution in [0.4, 0.5) is 0 Å². The Morgan fingerprint density at radius 1 is 1.58 bits per heavy atom. The summed E-state index contributed by atoms with van der Waals surface area (Å²) in [6.07, 6.45) is 1.23. The summed E-state index contributed by atoms with van der Waals surface area (Å²) in [5.41, 5.74) is 10.7. The number of carbonyl (C=O) groups is 1. The van der Waals surface area contributed by atoms with Crippen LogP contribution in [-0.2, 0) is 9.53 Å². The summed E-state index contributed by atoms with van der Waals surface area (Å²) in [6, 6.07) is -0.611. The molecule has 0 saturated carbocycles. The molecule has 0 rings (SSSR count). The van der Waals surface area contributed by atoms with Crippen molar-refractivity contribution in [2.75, 3.05) is 19.8 Å². The van der Waals surface area contributed by atoms with Gasteiger partial charge in [-0.25, -0.2) is 0 Å². The van der Waals surface area contributed by atoms with Crippen molar-refractivity contribution in [3.63, 3.8) is 0 Å². The van der Waals surface area contributed by atoms with Gasteiger partial charge in [-0.1, -0.05) is 0 Å². The average molecular weight is 176 g/mol. The first-order chi connectivity index (χ1) is 5.72. The molecule has 0 radical (unpaired) electrons. The topological polar surface area (TPSA) is 98.6 Å². The van der Waals surface area contributed by atoms with Crippen molar-refractivity contribution >= 4 is 5.97 Å². The highest BCUT2D eigenvalue weighted by molar-refractivity contribution is 5.75. The van der Waals surface area contributed by atoms with Crippen LogP contribution in [0.5, 0.6) is 0 Å². The predicted octanol–water partition coefficient (Wildman–Crippen LogP) is -1.41. The molecule has 0 spiro atoms. The molecule has 0 amide bonds. The molecular weight excluding hydrogens is 160 g/mol. The number of hydrogen-bond acceptors (Lipinski definition) is 5. The summed E-state index contributed by atoms with van der Waals surface area (Å²) in [6.45, 7) is 0.353. The number of rotatable bonds is 6. The molecule has 0 aromatic heterocycles. The summed E-state index contributed by atoms with van der Waals surface area (Å²) < 4.78 is 4.60. The van der Waals surface area contributed by atoms with E-state index in [-0.39, 0.29) is 13.2 Å². The third-order valence-electron chi connectivity index (χ3n) is 1.36. The molecule has 0 aliphatic carbocycles. The van der Waals surface area contributed by atoms with Gasteiger partial charge in [0, 0.05) is 0 Å². The highest BCUT2D eigenvalue weighted by Crippen LogP contribution is 1.95.